The van der Waals surface area contributed by atoms with Gasteiger partial charge in [-0.25, -0.2) is 4.79 Å². The minimum Gasteiger partial charge on any atom is -0.422 e. The number of nitrogens with zero attached hydrogens (tertiary/aromatic N) is 1. The van der Waals surface area contributed by atoms with Crippen molar-refractivity contribution in [3.05, 3.63) is 135 Å². The second kappa shape index (κ2) is 8.21. The van der Waals surface area contributed by atoms with Gasteiger partial charge in [0.1, 0.15) is 5.58 Å². The molecular formula is C32H20BrNO2. The second-order valence-corrected chi connectivity index (χ2v) is 9.99. The Morgan fingerprint density at radius 1 is 0.778 bits per heavy atom. The summed E-state index contributed by atoms with van der Waals surface area (Å²) in [6.45, 7) is 0. The summed E-state index contributed by atoms with van der Waals surface area (Å²) in [5, 5.41) is 2.44. The van der Waals surface area contributed by atoms with Crippen molar-refractivity contribution in [1.82, 2.24) is 0 Å². The lowest BCUT2D eigenvalue weighted by atomic mass is 9.89. The quantitative estimate of drug-likeness (QED) is 0.169. The average Bonchev–Trinajstić information content (AvgIpc) is 3.08. The van der Waals surface area contributed by atoms with Gasteiger partial charge in [-0.15, -0.1) is 0 Å². The number of fused-ring (bicyclic) bond motifs is 8. The van der Waals surface area contributed by atoms with E-state index in [2.05, 4.69) is 93.7 Å². The van der Waals surface area contributed by atoms with E-state index in [4.69, 9.17) is 4.42 Å². The molecular weight excluding hydrogens is 510 g/mol. The van der Waals surface area contributed by atoms with E-state index in [0.717, 1.165) is 49.9 Å². The maximum Gasteiger partial charge on any atom is 0.344 e. The van der Waals surface area contributed by atoms with Gasteiger partial charge in [-0.05, 0) is 65.3 Å². The lowest BCUT2D eigenvalue weighted by Crippen LogP contribution is -2.22. The molecule has 1 aliphatic heterocycles. The van der Waals surface area contributed by atoms with Crippen molar-refractivity contribution in [2.45, 2.75) is 6.42 Å². The molecule has 0 unspecified atom stereocenters. The molecule has 0 saturated heterocycles. The highest BCUT2D eigenvalue weighted by Crippen LogP contribution is 2.50. The third-order valence-corrected chi connectivity index (χ3v) is 7.44. The van der Waals surface area contributed by atoms with Crippen LogP contribution in [0.1, 0.15) is 12.0 Å². The van der Waals surface area contributed by atoms with Crippen molar-refractivity contribution in [3.63, 3.8) is 0 Å². The molecule has 0 atom stereocenters. The van der Waals surface area contributed by atoms with E-state index in [1.165, 1.54) is 11.1 Å². The standard InChI is InChI=1S/C32H20BrNO2/c33-23-13-14-25-19-22(17-23)26-15-16-29-30(27-11-4-5-12-28(27)32(35)36-29)31(26)34(25)24-10-6-9-21(18-24)20-7-2-1-3-8-20/h1-18H,19H2. The van der Waals surface area contributed by atoms with Crippen LogP contribution in [0.5, 0.6) is 0 Å². The third kappa shape index (κ3) is 3.29. The van der Waals surface area contributed by atoms with Crippen LogP contribution < -0.4 is 10.5 Å². The molecule has 5 aromatic rings. The highest BCUT2D eigenvalue weighted by molar-refractivity contribution is 9.11. The van der Waals surface area contributed by atoms with Crippen LogP contribution in [0.25, 0.3) is 38.4 Å². The molecule has 36 heavy (non-hydrogen) atoms. The predicted molar refractivity (Wildman–Crippen MR) is 152 cm³/mol. The molecule has 0 fully saturated rings. The Bertz CT molecular complexity index is 1840. The Hall–Kier alpha value is -4.15. The van der Waals surface area contributed by atoms with E-state index >= 15 is 0 Å². The molecule has 0 N–H and O–H groups in total. The van der Waals surface area contributed by atoms with Gasteiger partial charge in [0, 0.05) is 33.2 Å². The van der Waals surface area contributed by atoms with Gasteiger partial charge in [0.2, 0.25) is 0 Å². The van der Waals surface area contributed by atoms with Crippen LogP contribution in [0.15, 0.2) is 129 Å². The first-order chi connectivity index (χ1) is 17.7. The van der Waals surface area contributed by atoms with Gasteiger partial charge in [-0.2, -0.15) is 0 Å². The molecule has 1 aliphatic carbocycles. The van der Waals surface area contributed by atoms with Crippen LogP contribution in [0.2, 0.25) is 0 Å². The van der Waals surface area contributed by atoms with Crippen molar-refractivity contribution < 1.29 is 4.42 Å². The molecule has 0 saturated carbocycles. The van der Waals surface area contributed by atoms with Crippen LogP contribution in [0.4, 0.5) is 11.4 Å². The Balaban J connectivity index is 1.59. The SMILES string of the molecule is O=c1oc2ccc3c(c2c2ccccc12)N(c1cccc(-c2ccccc2)c1)C1=CC=C(Br)C=C3C1. The van der Waals surface area contributed by atoms with E-state index in [-0.39, 0.29) is 5.63 Å². The molecule has 0 amide bonds. The summed E-state index contributed by atoms with van der Waals surface area (Å²) in [5.74, 6) is 0. The fourth-order valence-electron chi connectivity index (χ4n) is 5.36. The number of rotatable bonds is 2. The zero-order chi connectivity index (χ0) is 24.2. The van der Waals surface area contributed by atoms with Crippen molar-refractivity contribution >= 4 is 54.6 Å². The lowest BCUT2D eigenvalue weighted by Gasteiger charge is -2.36. The third-order valence-electron chi connectivity index (χ3n) is 6.95. The number of hydrogen-bond donors (Lipinski definition) is 0. The molecule has 0 radical (unpaired) electrons. The summed E-state index contributed by atoms with van der Waals surface area (Å²) in [4.78, 5) is 15.1. The average molecular weight is 530 g/mol. The van der Waals surface area contributed by atoms with Crippen molar-refractivity contribution in [2.24, 2.45) is 0 Å². The lowest BCUT2D eigenvalue weighted by molar-refractivity contribution is 0.569. The molecule has 172 valence electrons. The van der Waals surface area contributed by atoms with Crippen LogP contribution in [0.3, 0.4) is 0 Å². The first-order valence-electron chi connectivity index (χ1n) is 11.9. The van der Waals surface area contributed by atoms with Crippen LogP contribution in [-0.4, -0.2) is 0 Å². The molecule has 7 rings (SSSR count). The molecule has 4 heteroatoms. The minimum absolute atomic E-state index is 0.313. The van der Waals surface area contributed by atoms with E-state index in [1.807, 2.05) is 36.4 Å². The van der Waals surface area contributed by atoms with Gasteiger partial charge < -0.3 is 9.32 Å². The summed E-state index contributed by atoms with van der Waals surface area (Å²) in [5.41, 5.74) is 8.23. The first-order valence-corrected chi connectivity index (χ1v) is 12.7. The Morgan fingerprint density at radius 3 is 2.42 bits per heavy atom. The van der Waals surface area contributed by atoms with Crippen LogP contribution >= 0.6 is 15.9 Å². The smallest absolute Gasteiger partial charge is 0.344 e. The normalized spacial score (nSPS) is 14.7. The minimum atomic E-state index is -0.313. The second-order valence-electron chi connectivity index (χ2n) is 9.08. The molecule has 0 spiro atoms. The fourth-order valence-corrected chi connectivity index (χ4v) is 5.77. The van der Waals surface area contributed by atoms with Gasteiger partial charge in [0.15, 0.2) is 0 Å². The highest BCUT2D eigenvalue weighted by Gasteiger charge is 2.30. The predicted octanol–water partition coefficient (Wildman–Crippen LogP) is 8.71. The zero-order valence-corrected chi connectivity index (χ0v) is 20.8. The molecule has 1 aromatic heterocycles. The number of anilines is 2. The number of benzene rings is 4. The van der Waals surface area contributed by atoms with Gasteiger partial charge >= 0.3 is 5.63 Å². The maximum atomic E-state index is 12.8. The van der Waals surface area contributed by atoms with Crippen molar-refractivity contribution in [1.29, 1.82) is 0 Å². The summed E-state index contributed by atoms with van der Waals surface area (Å²) in [7, 11) is 0. The number of hydrogen-bond acceptors (Lipinski definition) is 3. The summed E-state index contributed by atoms with van der Waals surface area (Å²) in [6.07, 6.45) is 7.26. The zero-order valence-electron chi connectivity index (χ0n) is 19.2. The Labute approximate surface area is 216 Å². The van der Waals surface area contributed by atoms with E-state index in [0.29, 0.717) is 11.0 Å². The van der Waals surface area contributed by atoms with Crippen molar-refractivity contribution in [2.75, 3.05) is 4.90 Å². The summed E-state index contributed by atoms with van der Waals surface area (Å²) < 4.78 is 6.88. The monoisotopic (exact) mass is 529 g/mol. The van der Waals surface area contributed by atoms with E-state index in [1.54, 1.807) is 0 Å². The van der Waals surface area contributed by atoms with E-state index < -0.39 is 0 Å². The van der Waals surface area contributed by atoms with Crippen LogP contribution in [0, 0.1) is 0 Å². The summed E-state index contributed by atoms with van der Waals surface area (Å²) >= 11 is 3.71. The van der Waals surface area contributed by atoms with Crippen molar-refractivity contribution in [3.8, 4) is 11.1 Å². The number of halogens is 1. The van der Waals surface area contributed by atoms with Crippen LogP contribution in [-0.2, 0) is 0 Å². The first kappa shape index (κ1) is 21.2. The highest BCUT2D eigenvalue weighted by atomic mass is 79.9. The maximum absolute atomic E-state index is 12.8. The number of allylic oxidation sites excluding steroid dienone is 5. The Kier molecular flexibility index (Phi) is 4.83. The van der Waals surface area contributed by atoms with Gasteiger partial charge in [-0.3, -0.25) is 0 Å². The fraction of sp³-hybridized carbons (Fsp3) is 0.0312. The Morgan fingerprint density at radius 2 is 1.56 bits per heavy atom. The van der Waals surface area contributed by atoms with Gasteiger partial charge in [0.25, 0.3) is 0 Å². The molecule has 2 heterocycles. The summed E-state index contributed by atoms with van der Waals surface area (Å²) in [6, 6.07) is 30.8. The largest absolute Gasteiger partial charge is 0.422 e. The molecule has 2 aliphatic rings. The molecule has 3 nitrogen and oxygen atoms in total. The van der Waals surface area contributed by atoms with Gasteiger partial charge in [-0.1, -0.05) is 76.6 Å². The molecule has 2 bridgehead atoms. The topological polar surface area (TPSA) is 33.5 Å². The van der Waals surface area contributed by atoms with Gasteiger partial charge in [0.05, 0.1) is 16.5 Å². The molecule has 4 aromatic carbocycles. The van der Waals surface area contributed by atoms with E-state index in [9.17, 15) is 4.79 Å².